The fourth-order valence-corrected chi connectivity index (χ4v) is 4.05. The van der Waals surface area contributed by atoms with E-state index >= 15 is 0 Å². The number of hydrogen-bond donors (Lipinski definition) is 0. The average molecular weight is 405 g/mol. The van der Waals surface area contributed by atoms with E-state index in [1.807, 2.05) is 43.3 Å². The van der Waals surface area contributed by atoms with Crippen LogP contribution in [0.5, 0.6) is 11.5 Å². The summed E-state index contributed by atoms with van der Waals surface area (Å²) < 4.78 is 36.1. The zero-order chi connectivity index (χ0) is 20.4. The summed E-state index contributed by atoms with van der Waals surface area (Å²) in [5, 5.41) is 0.800. The molecular formula is C23H19NO4S. The minimum absolute atomic E-state index is 0.103. The van der Waals surface area contributed by atoms with Crippen molar-refractivity contribution in [3.8, 4) is 22.6 Å². The molecule has 0 aliphatic carbocycles. The first-order chi connectivity index (χ1) is 14.0. The van der Waals surface area contributed by atoms with E-state index in [1.54, 1.807) is 37.6 Å². The van der Waals surface area contributed by atoms with Gasteiger partial charge in [0.1, 0.15) is 16.2 Å². The number of benzene rings is 3. The monoisotopic (exact) mass is 405 g/mol. The maximum absolute atomic E-state index is 12.7. The van der Waals surface area contributed by atoms with Crippen molar-refractivity contribution >= 4 is 21.0 Å². The molecule has 0 atom stereocenters. The largest absolute Gasteiger partial charge is 0.497 e. The van der Waals surface area contributed by atoms with Gasteiger partial charge < -0.3 is 8.92 Å². The van der Waals surface area contributed by atoms with Crippen LogP contribution in [0.1, 0.15) is 5.56 Å². The third kappa shape index (κ3) is 3.79. The molecule has 0 amide bonds. The summed E-state index contributed by atoms with van der Waals surface area (Å²) in [6, 6.07) is 21.4. The van der Waals surface area contributed by atoms with E-state index in [9.17, 15) is 8.42 Å². The third-order valence-electron chi connectivity index (χ3n) is 4.64. The Morgan fingerprint density at radius 2 is 1.59 bits per heavy atom. The average Bonchev–Trinajstić information content (AvgIpc) is 2.74. The van der Waals surface area contributed by atoms with Gasteiger partial charge in [-0.05, 0) is 54.4 Å². The number of pyridine rings is 1. The van der Waals surface area contributed by atoms with Crippen LogP contribution in [0.25, 0.3) is 22.0 Å². The van der Waals surface area contributed by atoms with Gasteiger partial charge in [0.15, 0.2) is 5.75 Å². The van der Waals surface area contributed by atoms with E-state index in [4.69, 9.17) is 8.92 Å². The van der Waals surface area contributed by atoms with Gasteiger partial charge in [0.2, 0.25) is 0 Å². The molecule has 0 fully saturated rings. The van der Waals surface area contributed by atoms with Gasteiger partial charge in [-0.15, -0.1) is 0 Å². The molecule has 4 rings (SSSR count). The number of hydrogen-bond acceptors (Lipinski definition) is 5. The Kier molecular flexibility index (Phi) is 4.94. The molecule has 5 nitrogen and oxygen atoms in total. The highest BCUT2D eigenvalue weighted by molar-refractivity contribution is 7.87. The van der Waals surface area contributed by atoms with Crippen LogP contribution in [0, 0.1) is 6.92 Å². The van der Waals surface area contributed by atoms with Gasteiger partial charge in [0.25, 0.3) is 0 Å². The third-order valence-corrected chi connectivity index (χ3v) is 5.89. The predicted molar refractivity (Wildman–Crippen MR) is 113 cm³/mol. The van der Waals surface area contributed by atoms with Gasteiger partial charge in [-0.1, -0.05) is 42.0 Å². The molecule has 0 saturated heterocycles. The number of para-hydroxylation sites is 1. The van der Waals surface area contributed by atoms with E-state index in [-0.39, 0.29) is 10.6 Å². The van der Waals surface area contributed by atoms with Crippen molar-refractivity contribution in [2.24, 2.45) is 0 Å². The molecule has 3 aromatic carbocycles. The van der Waals surface area contributed by atoms with Gasteiger partial charge >= 0.3 is 10.1 Å². The van der Waals surface area contributed by atoms with Crippen molar-refractivity contribution in [2.75, 3.05) is 7.11 Å². The number of aryl methyl sites for hydroxylation is 1. The quantitative estimate of drug-likeness (QED) is 0.438. The van der Waals surface area contributed by atoms with Crippen molar-refractivity contribution in [3.63, 3.8) is 0 Å². The highest BCUT2D eigenvalue weighted by Gasteiger charge is 2.19. The van der Waals surface area contributed by atoms with Gasteiger partial charge in [0, 0.05) is 11.6 Å². The Bertz CT molecular complexity index is 1260. The summed E-state index contributed by atoms with van der Waals surface area (Å²) >= 11 is 0. The number of nitrogens with zero attached hydrogens (tertiary/aromatic N) is 1. The maximum atomic E-state index is 12.7. The van der Waals surface area contributed by atoms with Crippen LogP contribution in [0.15, 0.2) is 83.9 Å². The second kappa shape index (κ2) is 7.56. The lowest BCUT2D eigenvalue weighted by molar-refractivity contribution is 0.415. The molecule has 29 heavy (non-hydrogen) atoms. The highest BCUT2D eigenvalue weighted by Crippen LogP contribution is 2.34. The lowest BCUT2D eigenvalue weighted by Gasteiger charge is -2.12. The molecule has 0 N–H and O–H groups in total. The van der Waals surface area contributed by atoms with Gasteiger partial charge in [-0.25, -0.2) is 0 Å². The molecule has 0 aliphatic rings. The van der Waals surface area contributed by atoms with Crippen LogP contribution >= 0.6 is 0 Å². The Balaban J connectivity index is 1.77. The summed E-state index contributed by atoms with van der Waals surface area (Å²) in [4.78, 5) is 4.48. The lowest BCUT2D eigenvalue weighted by atomic mass is 10.0. The summed E-state index contributed by atoms with van der Waals surface area (Å²) in [6.45, 7) is 1.90. The van der Waals surface area contributed by atoms with Crippen molar-refractivity contribution in [3.05, 3.63) is 84.6 Å². The van der Waals surface area contributed by atoms with Crippen LogP contribution in [0.3, 0.4) is 0 Å². The molecule has 146 valence electrons. The number of fused-ring (bicyclic) bond motifs is 1. The molecule has 0 aliphatic heterocycles. The van der Waals surface area contributed by atoms with Crippen molar-refractivity contribution in [1.29, 1.82) is 0 Å². The molecule has 1 aromatic heterocycles. The molecule has 1 heterocycles. The van der Waals surface area contributed by atoms with E-state index in [0.717, 1.165) is 27.8 Å². The maximum Gasteiger partial charge on any atom is 0.339 e. The number of ether oxygens (including phenoxy) is 1. The Hall–Kier alpha value is -3.38. The second-order valence-corrected chi connectivity index (χ2v) is 8.14. The van der Waals surface area contributed by atoms with Gasteiger partial charge in [-0.2, -0.15) is 8.42 Å². The van der Waals surface area contributed by atoms with Crippen LogP contribution < -0.4 is 8.92 Å². The van der Waals surface area contributed by atoms with Crippen molar-refractivity contribution in [1.82, 2.24) is 4.98 Å². The van der Waals surface area contributed by atoms with Crippen molar-refractivity contribution < 1.29 is 17.3 Å². The Morgan fingerprint density at radius 3 is 2.28 bits per heavy atom. The normalized spacial score (nSPS) is 11.4. The molecule has 0 bridgehead atoms. The van der Waals surface area contributed by atoms with E-state index < -0.39 is 10.1 Å². The minimum atomic E-state index is -3.96. The molecule has 4 aromatic rings. The van der Waals surface area contributed by atoms with Gasteiger partial charge in [-0.3, -0.25) is 4.98 Å². The van der Waals surface area contributed by atoms with E-state index in [1.165, 1.54) is 12.1 Å². The molecular weight excluding hydrogens is 386 g/mol. The van der Waals surface area contributed by atoms with E-state index in [2.05, 4.69) is 4.98 Å². The summed E-state index contributed by atoms with van der Waals surface area (Å²) in [5.41, 5.74) is 3.35. The minimum Gasteiger partial charge on any atom is -0.497 e. The van der Waals surface area contributed by atoms with Crippen molar-refractivity contribution in [2.45, 2.75) is 11.8 Å². The van der Waals surface area contributed by atoms with Crippen LogP contribution in [-0.2, 0) is 10.1 Å². The highest BCUT2D eigenvalue weighted by atomic mass is 32.2. The van der Waals surface area contributed by atoms with E-state index in [0.29, 0.717) is 5.52 Å². The van der Waals surface area contributed by atoms with Crippen LogP contribution in [0.4, 0.5) is 0 Å². The molecule has 0 spiro atoms. The topological polar surface area (TPSA) is 65.5 Å². The van der Waals surface area contributed by atoms with Crippen LogP contribution in [0.2, 0.25) is 0 Å². The van der Waals surface area contributed by atoms with Gasteiger partial charge in [0.05, 0.1) is 7.11 Å². The standard InChI is InChI=1S/C23H19NO4S/c1-16-6-12-19(13-7-16)29(25,26)28-22-5-3-4-21-20(14-15-24-23(21)22)17-8-10-18(27-2)11-9-17/h3-15H,1-2H3. The fraction of sp³-hybridized carbons (Fsp3) is 0.0870. The fourth-order valence-electron chi connectivity index (χ4n) is 3.11. The first-order valence-corrected chi connectivity index (χ1v) is 10.4. The summed E-state index contributed by atoms with van der Waals surface area (Å²) in [5.74, 6) is 0.957. The molecule has 0 radical (unpaired) electrons. The lowest BCUT2D eigenvalue weighted by Crippen LogP contribution is -2.10. The molecule has 0 unspecified atom stereocenters. The SMILES string of the molecule is COc1ccc(-c2ccnc3c(OS(=O)(=O)c4ccc(C)cc4)cccc23)cc1. The second-order valence-electron chi connectivity index (χ2n) is 6.59. The first kappa shape index (κ1) is 19.0. The number of rotatable bonds is 5. The Morgan fingerprint density at radius 1 is 0.862 bits per heavy atom. The zero-order valence-electron chi connectivity index (χ0n) is 16.0. The first-order valence-electron chi connectivity index (χ1n) is 9.01. The molecule has 6 heteroatoms. The number of aromatic nitrogens is 1. The zero-order valence-corrected chi connectivity index (χ0v) is 16.8. The predicted octanol–water partition coefficient (Wildman–Crippen LogP) is 4.99. The Labute approximate surface area is 169 Å². The summed E-state index contributed by atoms with van der Waals surface area (Å²) in [7, 11) is -2.34. The smallest absolute Gasteiger partial charge is 0.339 e. The molecule has 0 saturated carbocycles. The van der Waals surface area contributed by atoms with Crippen LogP contribution in [-0.4, -0.2) is 20.5 Å². The summed E-state index contributed by atoms with van der Waals surface area (Å²) in [6.07, 6.45) is 1.65. The number of methoxy groups -OCH3 is 1.